The molecule has 0 spiro atoms. The molecule has 2 aromatic rings. The van der Waals surface area contributed by atoms with E-state index >= 15 is 0 Å². The Morgan fingerprint density at radius 2 is 2.30 bits per heavy atom. The van der Waals surface area contributed by atoms with Crippen molar-refractivity contribution in [2.75, 3.05) is 11.5 Å². The van der Waals surface area contributed by atoms with Gasteiger partial charge in [0.25, 0.3) is 0 Å². The number of sulfone groups is 1. The molecule has 6 nitrogen and oxygen atoms in total. The van der Waals surface area contributed by atoms with Crippen molar-refractivity contribution in [3.05, 3.63) is 34.9 Å². The smallest absolute Gasteiger partial charge is 0.220 e. The normalized spacial score (nSPS) is 19.6. The van der Waals surface area contributed by atoms with Crippen molar-refractivity contribution in [1.82, 2.24) is 15.3 Å². The number of hydrogen-bond acceptors (Lipinski definition) is 6. The Morgan fingerprint density at radius 1 is 1.43 bits per heavy atom. The maximum absolute atomic E-state index is 11.9. The fourth-order valence-corrected chi connectivity index (χ4v) is 4.98. The van der Waals surface area contributed by atoms with Crippen molar-refractivity contribution in [3.63, 3.8) is 0 Å². The van der Waals surface area contributed by atoms with E-state index < -0.39 is 9.84 Å². The molecule has 1 aliphatic heterocycles. The molecule has 1 unspecified atom stereocenters. The van der Waals surface area contributed by atoms with Gasteiger partial charge in [-0.3, -0.25) is 9.78 Å². The zero-order chi connectivity index (χ0) is 16.3. The number of pyridine rings is 1. The van der Waals surface area contributed by atoms with Crippen LogP contribution in [0.5, 0.6) is 0 Å². The molecule has 1 aliphatic rings. The minimum atomic E-state index is -2.97. The highest BCUT2D eigenvalue weighted by molar-refractivity contribution is 7.91. The number of nitrogens with zero attached hydrogens (tertiary/aromatic N) is 2. The fourth-order valence-electron chi connectivity index (χ4n) is 2.50. The summed E-state index contributed by atoms with van der Waals surface area (Å²) >= 11 is 1.51. The van der Waals surface area contributed by atoms with Crippen LogP contribution in [0.4, 0.5) is 0 Å². The van der Waals surface area contributed by atoms with Crippen LogP contribution >= 0.6 is 11.3 Å². The van der Waals surface area contributed by atoms with Crippen LogP contribution in [-0.2, 0) is 21.1 Å². The van der Waals surface area contributed by atoms with Gasteiger partial charge in [-0.25, -0.2) is 13.4 Å². The van der Waals surface area contributed by atoms with E-state index in [1.807, 2.05) is 17.5 Å². The van der Waals surface area contributed by atoms with Crippen LogP contribution in [-0.4, -0.2) is 41.8 Å². The highest BCUT2D eigenvalue weighted by atomic mass is 32.2. The molecule has 122 valence electrons. The predicted octanol–water partition coefficient (Wildman–Crippen LogP) is 1.44. The van der Waals surface area contributed by atoms with Gasteiger partial charge in [-0.15, -0.1) is 11.3 Å². The van der Waals surface area contributed by atoms with Crippen LogP contribution < -0.4 is 5.32 Å². The number of amides is 1. The first-order valence-electron chi connectivity index (χ1n) is 7.36. The van der Waals surface area contributed by atoms with Crippen LogP contribution in [0.25, 0.3) is 11.3 Å². The van der Waals surface area contributed by atoms with Gasteiger partial charge in [-0.05, 0) is 18.6 Å². The Hall–Kier alpha value is -1.80. The van der Waals surface area contributed by atoms with Gasteiger partial charge in [-0.1, -0.05) is 0 Å². The van der Waals surface area contributed by atoms with Gasteiger partial charge in [0, 0.05) is 42.2 Å². The van der Waals surface area contributed by atoms with Crippen LogP contribution in [0, 0.1) is 0 Å². The monoisotopic (exact) mass is 351 g/mol. The van der Waals surface area contributed by atoms with Crippen LogP contribution in [0.2, 0.25) is 0 Å². The predicted molar refractivity (Wildman–Crippen MR) is 88.9 cm³/mol. The van der Waals surface area contributed by atoms with Crippen molar-refractivity contribution < 1.29 is 13.2 Å². The van der Waals surface area contributed by atoms with E-state index in [2.05, 4.69) is 15.3 Å². The molecule has 0 saturated carbocycles. The average molecular weight is 351 g/mol. The second-order valence-corrected chi connectivity index (χ2v) is 8.71. The number of rotatable bonds is 5. The number of thiazole rings is 1. The lowest BCUT2D eigenvalue weighted by atomic mass is 10.2. The number of aryl methyl sites for hydroxylation is 1. The zero-order valence-electron chi connectivity index (χ0n) is 12.4. The third kappa shape index (κ3) is 4.35. The number of carbonyl (C=O) groups is 1. The molecule has 2 aromatic heterocycles. The second-order valence-electron chi connectivity index (χ2n) is 5.54. The first-order chi connectivity index (χ1) is 11.0. The average Bonchev–Trinajstić information content (AvgIpc) is 3.13. The quantitative estimate of drug-likeness (QED) is 0.880. The molecule has 0 bridgehead atoms. The van der Waals surface area contributed by atoms with Gasteiger partial charge in [0.1, 0.15) is 0 Å². The first-order valence-corrected chi connectivity index (χ1v) is 10.1. The number of hydrogen-bond donors (Lipinski definition) is 1. The van der Waals surface area contributed by atoms with Crippen LogP contribution in [0.1, 0.15) is 17.8 Å². The van der Waals surface area contributed by atoms with E-state index in [1.165, 1.54) is 11.3 Å². The van der Waals surface area contributed by atoms with Crippen molar-refractivity contribution in [2.45, 2.75) is 25.3 Å². The summed E-state index contributed by atoms with van der Waals surface area (Å²) in [5.74, 6) is 0.102. The van der Waals surface area contributed by atoms with Gasteiger partial charge < -0.3 is 5.32 Å². The van der Waals surface area contributed by atoms with Crippen LogP contribution in [0.3, 0.4) is 0 Å². The van der Waals surface area contributed by atoms with Gasteiger partial charge in [-0.2, -0.15) is 0 Å². The topological polar surface area (TPSA) is 89.0 Å². The molecule has 3 rings (SSSR count). The van der Waals surface area contributed by atoms with Crippen molar-refractivity contribution in [1.29, 1.82) is 0 Å². The van der Waals surface area contributed by atoms with Crippen molar-refractivity contribution >= 4 is 27.1 Å². The summed E-state index contributed by atoms with van der Waals surface area (Å²) < 4.78 is 22.7. The van der Waals surface area contributed by atoms with E-state index in [1.54, 1.807) is 12.4 Å². The molecule has 8 heteroatoms. The molecular formula is C15H17N3O3S2. The molecular weight excluding hydrogens is 334 g/mol. The molecule has 1 N–H and O–H groups in total. The highest BCUT2D eigenvalue weighted by Gasteiger charge is 2.28. The van der Waals surface area contributed by atoms with Gasteiger partial charge in [0.2, 0.25) is 5.91 Å². The Balaban J connectivity index is 1.51. The summed E-state index contributed by atoms with van der Waals surface area (Å²) in [4.78, 5) is 20.5. The summed E-state index contributed by atoms with van der Waals surface area (Å²) in [5, 5.41) is 5.63. The minimum absolute atomic E-state index is 0.0567. The molecule has 1 atom stereocenters. The summed E-state index contributed by atoms with van der Waals surface area (Å²) in [7, 11) is -2.97. The molecule has 0 radical (unpaired) electrons. The molecule has 1 saturated heterocycles. The molecule has 0 aromatic carbocycles. The Kier molecular flexibility index (Phi) is 4.72. The van der Waals surface area contributed by atoms with Crippen molar-refractivity contribution in [3.8, 4) is 11.3 Å². The molecule has 3 heterocycles. The largest absolute Gasteiger partial charge is 0.352 e. The van der Waals surface area contributed by atoms with E-state index in [0.717, 1.165) is 16.3 Å². The highest BCUT2D eigenvalue weighted by Crippen LogP contribution is 2.21. The third-order valence-electron chi connectivity index (χ3n) is 3.67. The summed E-state index contributed by atoms with van der Waals surface area (Å²) in [6, 6.07) is 3.56. The Bertz CT molecular complexity index is 787. The number of nitrogens with one attached hydrogen (secondary N) is 1. The standard InChI is InChI=1S/C15H17N3O3S2/c19-14(17-12-5-7-23(20,21)10-12)3-4-15-18-13(9-22-15)11-2-1-6-16-8-11/h1-2,6,8-9,12H,3-5,7,10H2,(H,17,19). The maximum Gasteiger partial charge on any atom is 0.220 e. The zero-order valence-corrected chi connectivity index (χ0v) is 14.1. The van der Waals surface area contributed by atoms with Crippen LogP contribution in [0.15, 0.2) is 29.9 Å². The molecule has 0 aliphatic carbocycles. The fraction of sp³-hybridized carbons (Fsp3) is 0.400. The Labute approximate surface area is 138 Å². The second kappa shape index (κ2) is 6.76. The number of carbonyl (C=O) groups excluding carboxylic acids is 1. The molecule has 23 heavy (non-hydrogen) atoms. The van der Waals surface area contributed by atoms with Gasteiger partial charge >= 0.3 is 0 Å². The van der Waals surface area contributed by atoms with E-state index in [0.29, 0.717) is 19.3 Å². The lowest BCUT2D eigenvalue weighted by molar-refractivity contribution is -0.121. The third-order valence-corrected chi connectivity index (χ3v) is 6.35. The lowest BCUT2D eigenvalue weighted by Crippen LogP contribution is -2.35. The first kappa shape index (κ1) is 16.1. The lowest BCUT2D eigenvalue weighted by Gasteiger charge is -2.09. The SMILES string of the molecule is O=C(CCc1nc(-c2cccnc2)cs1)NC1CCS(=O)(=O)C1. The van der Waals surface area contributed by atoms with E-state index in [4.69, 9.17) is 0 Å². The minimum Gasteiger partial charge on any atom is -0.352 e. The van der Waals surface area contributed by atoms with Gasteiger partial charge in [0.05, 0.1) is 22.2 Å². The number of aromatic nitrogens is 2. The maximum atomic E-state index is 11.9. The summed E-state index contributed by atoms with van der Waals surface area (Å²) in [5.41, 5.74) is 1.82. The summed E-state index contributed by atoms with van der Waals surface area (Å²) in [6.45, 7) is 0. The molecule has 1 fully saturated rings. The van der Waals surface area contributed by atoms with Gasteiger partial charge in [0.15, 0.2) is 9.84 Å². The van der Waals surface area contributed by atoms with E-state index in [9.17, 15) is 13.2 Å². The van der Waals surface area contributed by atoms with E-state index in [-0.39, 0.29) is 23.5 Å². The molecule has 1 amide bonds. The van der Waals surface area contributed by atoms with Crippen molar-refractivity contribution in [2.24, 2.45) is 0 Å². The summed E-state index contributed by atoms with van der Waals surface area (Å²) in [6.07, 6.45) is 4.85. The Morgan fingerprint density at radius 3 is 3.00 bits per heavy atom.